The molecule has 0 N–H and O–H groups in total. The molecular weight excluding hydrogens is 243 g/mol. The first-order valence-electron chi connectivity index (χ1n) is 4.97. The molecule has 1 heterocycles. The largest absolute Gasteiger partial charge is 0.479 e. The predicted molar refractivity (Wildman–Crippen MR) is 58.4 cm³/mol. The summed E-state index contributed by atoms with van der Waals surface area (Å²) in [6, 6.07) is 3.03. The fourth-order valence-electron chi connectivity index (χ4n) is 1.35. The molecule has 8 heteroatoms. The number of rotatable bonds is 4. The topological polar surface area (TPSA) is 83.1 Å². The number of benzene rings is 1. The summed E-state index contributed by atoms with van der Waals surface area (Å²) in [5, 5.41) is 14.6. The zero-order valence-electron chi connectivity index (χ0n) is 9.41. The third-order valence-electron chi connectivity index (χ3n) is 2.28. The molecule has 0 spiro atoms. The van der Waals surface area contributed by atoms with Gasteiger partial charge in [-0.3, -0.25) is 14.8 Å². The first-order valence-corrected chi connectivity index (χ1v) is 4.97. The van der Waals surface area contributed by atoms with E-state index < -0.39 is 10.7 Å². The molecule has 0 aliphatic heterocycles. The van der Waals surface area contributed by atoms with Crippen LogP contribution in [0.1, 0.15) is 5.82 Å². The predicted octanol–water partition coefficient (Wildman–Crippen LogP) is 1.44. The molecule has 1 aromatic heterocycles. The van der Waals surface area contributed by atoms with Gasteiger partial charge in [-0.2, -0.15) is 5.10 Å². The maximum Gasteiger partial charge on any atom is 0.311 e. The number of aryl methyl sites for hydroxylation is 1. The van der Waals surface area contributed by atoms with Crippen molar-refractivity contribution < 1.29 is 14.1 Å². The summed E-state index contributed by atoms with van der Waals surface area (Å²) >= 11 is 0. The van der Waals surface area contributed by atoms with Crippen molar-refractivity contribution in [1.29, 1.82) is 0 Å². The van der Waals surface area contributed by atoms with Gasteiger partial charge in [0.1, 0.15) is 18.8 Å². The zero-order chi connectivity index (χ0) is 13.1. The summed E-state index contributed by atoms with van der Waals surface area (Å²) in [6.07, 6.45) is 1.33. The minimum atomic E-state index is -0.633. The maximum atomic E-state index is 13.0. The number of halogens is 1. The van der Waals surface area contributed by atoms with Gasteiger partial charge >= 0.3 is 5.69 Å². The minimum Gasteiger partial charge on any atom is -0.479 e. The van der Waals surface area contributed by atoms with Crippen molar-refractivity contribution in [2.75, 3.05) is 0 Å². The highest BCUT2D eigenvalue weighted by Gasteiger charge is 2.16. The first kappa shape index (κ1) is 12.0. The van der Waals surface area contributed by atoms with Gasteiger partial charge in [-0.1, -0.05) is 0 Å². The smallest absolute Gasteiger partial charge is 0.311 e. The van der Waals surface area contributed by atoms with Crippen LogP contribution >= 0.6 is 0 Å². The third-order valence-corrected chi connectivity index (χ3v) is 2.28. The van der Waals surface area contributed by atoms with E-state index in [1.54, 1.807) is 7.05 Å². The Morgan fingerprint density at radius 3 is 2.94 bits per heavy atom. The Bertz CT molecular complexity index is 584. The van der Waals surface area contributed by atoms with Crippen molar-refractivity contribution >= 4 is 5.69 Å². The number of aromatic nitrogens is 3. The van der Waals surface area contributed by atoms with E-state index in [2.05, 4.69) is 10.1 Å². The molecule has 0 saturated heterocycles. The molecule has 0 atom stereocenters. The van der Waals surface area contributed by atoms with Crippen LogP contribution in [0.4, 0.5) is 10.1 Å². The molecule has 2 rings (SSSR count). The second-order valence-corrected chi connectivity index (χ2v) is 3.46. The molecule has 1 aromatic carbocycles. The average Bonchev–Trinajstić information content (AvgIpc) is 2.72. The highest BCUT2D eigenvalue weighted by atomic mass is 19.1. The molecule has 0 bridgehead atoms. The van der Waals surface area contributed by atoms with Gasteiger partial charge < -0.3 is 4.74 Å². The Balaban J connectivity index is 2.20. The molecule has 0 aliphatic carbocycles. The van der Waals surface area contributed by atoms with Crippen LogP contribution in [0.25, 0.3) is 0 Å². The van der Waals surface area contributed by atoms with Crippen molar-refractivity contribution in [2.45, 2.75) is 6.61 Å². The molecular formula is C10H9FN4O3. The third kappa shape index (κ3) is 2.42. The van der Waals surface area contributed by atoms with E-state index in [9.17, 15) is 14.5 Å². The number of ether oxygens (including phenoxy) is 1. The number of nitro groups is 1. The summed E-state index contributed by atoms with van der Waals surface area (Å²) in [5.41, 5.74) is -0.293. The lowest BCUT2D eigenvalue weighted by Gasteiger charge is -2.06. The molecule has 2 aromatic rings. The fraction of sp³-hybridized carbons (Fsp3) is 0.200. The Labute approximate surface area is 101 Å². The molecule has 7 nitrogen and oxygen atoms in total. The summed E-state index contributed by atoms with van der Waals surface area (Å²) in [4.78, 5) is 14.0. The van der Waals surface area contributed by atoms with E-state index >= 15 is 0 Å². The van der Waals surface area contributed by atoms with Gasteiger partial charge in [-0.25, -0.2) is 9.37 Å². The standard InChI is InChI=1S/C10H9FN4O3/c1-14-10(12-6-13-14)5-18-9-4-7(11)2-3-8(9)15(16)17/h2-4,6H,5H2,1H3. The molecule has 0 fully saturated rings. The average molecular weight is 252 g/mol. The number of nitrogens with zero attached hydrogens (tertiary/aromatic N) is 4. The Kier molecular flexibility index (Phi) is 3.18. The van der Waals surface area contributed by atoms with Gasteiger partial charge in [-0.05, 0) is 6.07 Å². The normalized spacial score (nSPS) is 10.3. The highest BCUT2D eigenvalue weighted by molar-refractivity contribution is 5.46. The van der Waals surface area contributed by atoms with Gasteiger partial charge in [0.25, 0.3) is 0 Å². The fourth-order valence-corrected chi connectivity index (χ4v) is 1.35. The molecule has 18 heavy (non-hydrogen) atoms. The van der Waals surface area contributed by atoms with E-state index in [0.29, 0.717) is 5.82 Å². The van der Waals surface area contributed by atoms with E-state index in [1.807, 2.05) is 0 Å². The van der Waals surface area contributed by atoms with Crippen LogP contribution < -0.4 is 4.74 Å². The Morgan fingerprint density at radius 2 is 2.33 bits per heavy atom. The Morgan fingerprint density at radius 1 is 1.56 bits per heavy atom. The first-order chi connectivity index (χ1) is 8.58. The van der Waals surface area contributed by atoms with Crippen LogP contribution in [0.15, 0.2) is 24.5 Å². The zero-order valence-corrected chi connectivity index (χ0v) is 9.41. The SMILES string of the molecule is Cn1ncnc1COc1cc(F)ccc1[N+](=O)[O-]. The lowest BCUT2D eigenvalue weighted by Crippen LogP contribution is -2.05. The van der Waals surface area contributed by atoms with Crippen LogP contribution in [0.5, 0.6) is 5.75 Å². The number of nitro benzene ring substituents is 1. The van der Waals surface area contributed by atoms with E-state index in [-0.39, 0.29) is 18.0 Å². The highest BCUT2D eigenvalue weighted by Crippen LogP contribution is 2.27. The van der Waals surface area contributed by atoms with Crippen molar-refractivity contribution in [3.8, 4) is 5.75 Å². The van der Waals surface area contributed by atoms with Crippen molar-refractivity contribution in [1.82, 2.24) is 14.8 Å². The lowest BCUT2D eigenvalue weighted by atomic mass is 10.3. The molecule has 0 radical (unpaired) electrons. The lowest BCUT2D eigenvalue weighted by molar-refractivity contribution is -0.386. The quantitative estimate of drug-likeness (QED) is 0.607. The van der Waals surface area contributed by atoms with E-state index in [4.69, 9.17) is 4.74 Å². The summed E-state index contributed by atoms with van der Waals surface area (Å²) in [7, 11) is 1.66. The molecule has 94 valence electrons. The van der Waals surface area contributed by atoms with Crippen LogP contribution in [-0.2, 0) is 13.7 Å². The minimum absolute atomic E-state index is 0.0270. The number of hydrogen-bond acceptors (Lipinski definition) is 5. The summed E-state index contributed by atoms with van der Waals surface area (Å²) in [6.45, 7) is -0.0270. The molecule has 0 saturated carbocycles. The molecule has 0 aliphatic rings. The van der Waals surface area contributed by atoms with Crippen molar-refractivity contribution in [3.63, 3.8) is 0 Å². The van der Waals surface area contributed by atoms with Gasteiger partial charge in [0, 0.05) is 19.2 Å². The van der Waals surface area contributed by atoms with Crippen LogP contribution in [0.3, 0.4) is 0 Å². The van der Waals surface area contributed by atoms with Gasteiger partial charge in [0.2, 0.25) is 0 Å². The monoisotopic (exact) mass is 252 g/mol. The maximum absolute atomic E-state index is 13.0. The van der Waals surface area contributed by atoms with Crippen molar-refractivity contribution in [2.24, 2.45) is 7.05 Å². The van der Waals surface area contributed by atoms with Gasteiger partial charge in [-0.15, -0.1) is 0 Å². The van der Waals surface area contributed by atoms with Crippen molar-refractivity contribution in [3.05, 3.63) is 46.3 Å². The van der Waals surface area contributed by atoms with Crippen LogP contribution in [0, 0.1) is 15.9 Å². The van der Waals surface area contributed by atoms with Gasteiger partial charge in [0.15, 0.2) is 11.6 Å². The van der Waals surface area contributed by atoms with Gasteiger partial charge in [0.05, 0.1) is 4.92 Å². The number of hydrogen-bond donors (Lipinski definition) is 0. The van der Waals surface area contributed by atoms with Crippen LogP contribution in [-0.4, -0.2) is 19.7 Å². The second kappa shape index (κ2) is 4.78. The second-order valence-electron chi connectivity index (χ2n) is 3.46. The molecule has 0 unspecified atom stereocenters. The Hall–Kier alpha value is -2.51. The summed E-state index contributed by atoms with van der Waals surface area (Å²) in [5.74, 6) is -0.259. The summed E-state index contributed by atoms with van der Waals surface area (Å²) < 4.78 is 19.7. The van der Waals surface area contributed by atoms with E-state index in [1.165, 1.54) is 11.0 Å². The van der Waals surface area contributed by atoms with E-state index in [0.717, 1.165) is 18.2 Å². The molecule has 0 amide bonds. The van der Waals surface area contributed by atoms with Crippen LogP contribution in [0.2, 0.25) is 0 Å².